The summed E-state index contributed by atoms with van der Waals surface area (Å²) in [5, 5.41) is 14.3. The van der Waals surface area contributed by atoms with Crippen molar-refractivity contribution in [2.24, 2.45) is 0 Å². The quantitative estimate of drug-likeness (QED) is 0.750. The molecule has 6 heteroatoms. The number of aromatic nitrogens is 2. The predicted octanol–water partition coefficient (Wildman–Crippen LogP) is 1.77. The Morgan fingerprint density at radius 2 is 2.29 bits per heavy atom. The van der Waals surface area contributed by atoms with Crippen molar-refractivity contribution >= 4 is 22.5 Å². The average molecular weight is 214 g/mol. The van der Waals surface area contributed by atoms with Crippen molar-refractivity contribution in [3.05, 3.63) is 5.01 Å². The number of rotatable bonds is 4. The number of amides is 2. The number of unbranched alkanes of at least 4 members (excludes halogenated alkanes) is 1. The van der Waals surface area contributed by atoms with Crippen LogP contribution < -0.4 is 10.6 Å². The van der Waals surface area contributed by atoms with Crippen LogP contribution in [0.15, 0.2) is 0 Å². The Balaban J connectivity index is 2.27. The van der Waals surface area contributed by atoms with Gasteiger partial charge in [-0.1, -0.05) is 24.7 Å². The summed E-state index contributed by atoms with van der Waals surface area (Å²) in [4.78, 5) is 11.2. The van der Waals surface area contributed by atoms with E-state index in [1.54, 1.807) is 0 Å². The van der Waals surface area contributed by atoms with E-state index in [2.05, 4.69) is 27.8 Å². The monoisotopic (exact) mass is 214 g/mol. The molecule has 78 valence electrons. The zero-order valence-corrected chi connectivity index (χ0v) is 9.15. The van der Waals surface area contributed by atoms with E-state index in [0.717, 1.165) is 17.8 Å². The lowest BCUT2D eigenvalue weighted by Crippen LogP contribution is -2.29. The molecule has 1 heterocycles. The van der Waals surface area contributed by atoms with Crippen molar-refractivity contribution in [2.75, 3.05) is 11.9 Å². The van der Waals surface area contributed by atoms with Crippen LogP contribution in [0.2, 0.25) is 0 Å². The lowest BCUT2D eigenvalue weighted by atomic mass is 10.3. The van der Waals surface area contributed by atoms with Crippen LogP contribution in [-0.2, 0) is 0 Å². The first-order chi connectivity index (χ1) is 6.72. The van der Waals surface area contributed by atoms with E-state index >= 15 is 0 Å². The van der Waals surface area contributed by atoms with E-state index in [-0.39, 0.29) is 6.03 Å². The van der Waals surface area contributed by atoms with Crippen molar-refractivity contribution in [2.45, 2.75) is 26.7 Å². The minimum absolute atomic E-state index is 0.213. The van der Waals surface area contributed by atoms with Gasteiger partial charge in [0.25, 0.3) is 0 Å². The Hall–Kier alpha value is -1.17. The molecule has 0 aliphatic carbocycles. The summed E-state index contributed by atoms with van der Waals surface area (Å²) in [6, 6.07) is -0.213. The summed E-state index contributed by atoms with van der Waals surface area (Å²) < 4.78 is 0. The molecule has 1 aromatic heterocycles. The van der Waals surface area contributed by atoms with Gasteiger partial charge in [-0.15, -0.1) is 10.2 Å². The summed E-state index contributed by atoms with van der Waals surface area (Å²) in [5.41, 5.74) is 0. The Kier molecular flexibility index (Phi) is 4.31. The number of carbonyl (C=O) groups is 1. The number of hydrogen-bond acceptors (Lipinski definition) is 4. The lowest BCUT2D eigenvalue weighted by Gasteiger charge is -2.02. The van der Waals surface area contributed by atoms with Gasteiger partial charge < -0.3 is 5.32 Å². The molecular formula is C8H14N4OS. The summed E-state index contributed by atoms with van der Waals surface area (Å²) >= 11 is 1.36. The van der Waals surface area contributed by atoms with Gasteiger partial charge in [-0.25, -0.2) is 4.79 Å². The summed E-state index contributed by atoms with van der Waals surface area (Å²) in [6.07, 6.45) is 2.06. The molecule has 0 saturated heterocycles. The predicted molar refractivity (Wildman–Crippen MR) is 56.6 cm³/mol. The third kappa shape index (κ3) is 3.69. The Morgan fingerprint density at radius 3 is 2.86 bits per heavy atom. The van der Waals surface area contributed by atoms with Crippen LogP contribution in [0.25, 0.3) is 0 Å². The van der Waals surface area contributed by atoms with Crippen molar-refractivity contribution in [3.63, 3.8) is 0 Å². The highest BCUT2D eigenvalue weighted by molar-refractivity contribution is 7.15. The van der Waals surface area contributed by atoms with Gasteiger partial charge in [0.05, 0.1) is 0 Å². The SMILES string of the molecule is CCCCNC(=O)Nc1nnc(C)s1. The van der Waals surface area contributed by atoms with Gasteiger partial charge >= 0.3 is 6.03 Å². The van der Waals surface area contributed by atoms with Crippen LogP contribution in [0.4, 0.5) is 9.93 Å². The first-order valence-electron chi connectivity index (χ1n) is 4.57. The maximum absolute atomic E-state index is 11.2. The standard InChI is InChI=1S/C8H14N4OS/c1-3-4-5-9-7(13)10-8-12-11-6(2)14-8/h3-5H2,1-2H3,(H2,9,10,12,13). The van der Waals surface area contributed by atoms with Gasteiger partial charge in [-0.05, 0) is 13.3 Å². The molecule has 0 aliphatic heterocycles. The molecule has 0 saturated carbocycles. The summed E-state index contributed by atoms with van der Waals surface area (Å²) in [7, 11) is 0. The van der Waals surface area contributed by atoms with E-state index in [0.29, 0.717) is 11.7 Å². The molecule has 0 spiro atoms. The second-order valence-electron chi connectivity index (χ2n) is 2.86. The average Bonchev–Trinajstić information content (AvgIpc) is 2.52. The number of anilines is 1. The van der Waals surface area contributed by atoms with Crippen molar-refractivity contribution in [1.29, 1.82) is 0 Å². The van der Waals surface area contributed by atoms with Crippen LogP contribution in [-0.4, -0.2) is 22.8 Å². The van der Waals surface area contributed by atoms with Gasteiger partial charge in [-0.3, -0.25) is 5.32 Å². The van der Waals surface area contributed by atoms with E-state index in [4.69, 9.17) is 0 Å². The van der Waals surface area contributed by atoms with E-state index in [1.165, 1.54) is 11.3 Å². The Bertz CT molecular complexity index is 299. The van der Waals surface area contributed by atoms with E-state index in [9.17, 15) is 4.79 Å². The minimum atomic E-state index is -0.213. The molecule has 0 atom stereocenters. The molecular weight excluding hydrogens is 200 g/mol. The normalized spacial score (nSPS) is 9.86. The molecule has 1 aromatic rings. The van der Waals surface area contributed by atoms with Crippen LogP contribution in [0.3, 0.4) is 0 Å². The van der Waals surface area contributed by atoms with Crippen LogP contribution in [0.5, 0.6) is 0 Å². The van der Waals surface area contributed by atoms with Gasteiger partial charge in [-0.2, -0.15) is 0 Å². The van der Waals surface area contributed by atoms with Crippen molar-refractivity contribution in [3.8, 4) is 0 Å². The largest absolute Gasteiger partial charge is 0.338 e. The summed E-state index contributed by atoms with van der Waals surface area (Å²) in [5.74, 6) is 0. The van der Waals surface area contributed by atoms with Crippen molar-refractivity contribution in [1.82, 2.24) is 15.5 Å². The van der Waals surface area contributed by atoms with Gasteiger partial charge in [0, 0.05) is 6.54 Å². The highest BCUT2D eigenvalue weighted by Gasteiger charge is 2.04. The molecule has 0 bridgehead atoms. The number of urea groups is 1. The molecule has 2 amide bonds. The minimum Gasteiger partial charge on any atom is -0.338 e. The fourth-order valence-electron chi connectivity index (χ4n) is 0.867. The highest BCUT2D eigenvalue weighted by atomic mass is 32.1. The molecule has 5 nitrogen and oxygen atoms in total. The Morgan fingerprint density at radius 1 is 1.50 bits per heavy atom. The van der Waals surface area contributed by atoms with E-state index in [1.807, 2.05) is 6.92 Å². The van der Waals surface area contributed by atoms with Gasteiger partial charge in [0.15, 0.2) is 0 Å². The van der Waals surface area contributed by atoms with Crippen molar-refractivity contribution < 1.29 is 4.79 Å². The fourth-order valence-corrected chi connectivity index (χ4v) is 1.45. The molecule has 0 fully saturated rings. The van der Waals surface area contributed by atoms with Crippen LogP contribution in [0, 0.1) is 6.92 Å². The van der Waals surface area contributed by atoms with Gasteiger partial charge in [0.1, 0.15) is 5.01 Å². The number of nitrogens with one attached hydrogen (secondary N) is 2. The molecule has 1 rings (SSSR count). The van der Waals surface area contributed by atoms with E-state index < -0.39 is 0 Å². The molecule has 2 N–H and O–H groups in total. The topological polar surface area (TPSA) is 66.9 Å². The number of hydrogen-bond donors (Lipinski definition) is 2. The van der Waals surface area contributed by atoms with Crippen LogP contribution >= 0.6 is 11.3 Å². The van der Waals surface area contributed by atoms with Crippen LogP contribution in [0.1, 0.15) is 24.8 Å². The molecule has 0 aromatic carbocycles. The molecule has 0 unspecified atom stereocenters. The Labute approximate surface area is 86.9 Å². The lowest BCUT2D eigenvalue weighted by molar-refractivity contribution is 0.252. The third-order valence-corrected chi connectivity index (χ3v) is 2.32. The first-order valence-corrected chi connectivity index (χ1v) is 5.39. The number of aryl methyl sites for hydroxylation is 1. The molecule has 0 radical (unpaired) electrons. The fraction of sp³-hybridized carbons (Fsp3) is 0.625. The smallest absolute Gasteiger partial charge is 0.321 e. The third-order valence-electron chi connectivity index (χ3n) is 1.56. The zero-order chi connectivity index (χ0) is 10.4. The number of carbonyl (C=O) groups excluding carboxylic acids is 1. The highest BCUT2D eigenvalue weighted by Crippen LogP contribution is 2.12. The first kappa shape index (κ1) is 10.9. The molecule has 0 aliphatic rings. The maximum Gasteiger partial charge on any atom is 0.321 e. The maximum atomic E-state index is 11.2. The molecule has 14 heavy (non-hydrogen) atoms. The number of nitrogens with zero attached hydrogens (tertiary/aromatic N) is 2. The summed E-state index contributed by atoms with van der Waals surface area (Å²) in [6.45, 7) is 4.62. The second-order valence-corrected chi connectivity index (χ2v) is 4.04. The second kappa shape index (κ2) is 5.54. The zero-order valence-electron chi connectivity index (χ0n) is 8.33. The van der Waals surface area contributed by atoms with Gasteiger partial charge in [0.2, 0.25) is 5.13 Å².